The molecule has 2 aromatic rings. The average Bonchev–Trinajstić information content (AvgIpc) is 2.68. The predicted octanol–water partition coefficient (Wildman–Crippen LogP) is 1.66. The van der Waals surface area contributed by atoms with E-state index >= 15 is 0 Å². The van der Waals surface area contributed by atoms with Crippen LogP contribution in [0.25, 0.3) is 0 Å². The molecule has 0 spiro atoms. The molecule has 0 aliphatic rings. The number of anilines is 2. The number of hydrogen-bond donors (Lipinski definition) is 2. The Balaban J connectivity index is 1.84. The summed E-state index contributed by atoms with van der Waals surface area (Å²) in [5, 5.41) is 3.28. The van der Waals surface area contributed by atoms with Crippen molar-refractivity contribution in [1.29, 1.82) is 0 Å². The molecular weight excluding hydrogens is 200 g/mol. The quantitative estimate of drug-likeness (QED) is 0.764. The van der Waals surface area contributed by atoms with Gasteiger partial charge in [0.2, 0.25) is 5.95 Å². The lowest BCUT2D eigenvalue weighted by Gasteiger charge is -2.06. The van der Waals surface area contributed by atoms with Crippen LogP contribution in [0, 0.1) is 0 Å². The first-order valence-corrected chi connectivity index (χ1v) is 5.31. The van der Waals surface area contributed by atoms with Gasteiger partial charge in [-0.15, -0.1) is 0 Å². The fraction of sp³-hybridized carbons (Fsp3) is 0.250. The zero-order valence-corrected chi connectivity index (χ0v) is 9.35. The topological polar surface area (TPSA) is 55.9 Å². The highest BCUT2D eigenvalue weighted by molar-refractivity contribution is 5.39. The number of nitrogens with two attached hydrogens (primary N) is 1. The summed E-state index contributed by atoms with van der Waals surface area (Å²) >= 11 is 0. The van der Waals surface area contributed by atoms with E-state index in [2.05, 4.69) is 22.4 Å². The standard InChI is InChI=1S/C12H16N4/c1-16-9-8-15-12(16)14-7-6-10-2-4-11(13)5-3-10/h2-5,8-9H,6-7,13H2,1H3,(H,14,15). The number of aromatic nitrogens is 2. The van der Waals surface area contributed by atoms with Crippen molar-refractivity contribution in [2.75, 3.05) is 17.6 Å². The molecule has 1 aromatic heterocycles. The molecule has 0 aliphatic heterocycles. The Labute approximate surface area is 95.1 Å². The second kappa shape index (κ2) is 4.70. The SMILES string of the molecule is Cn1ccnc1NCCc1ccc(N)cc1. The average molecular weight is 216 g/mol. The van der Waals surface area contributed by atoms with Gasteiger partial charge in [0.1, 0.15) is 0 Å². The summed E-state index contributed by atoms with van der Waals surface area (Å²) < 4.78 is 1.96. The van der Waals surface area contributed by atoms with Crippen LogP contribution in [0.5, 0.6) is 0 Å². The maximum atomic E-state index is 5.62. The Morgan fingerprint density at radius 2 is 2.06 bits per heavy atom. The highest BCUT2D eigenvalue weighted by Crippen LogP contribution is 2.07. The molecule has 16 heavy (non-hydrogen) atoms. The summed E-state index contributed by atoms with van der Waals surface area (Å²) in [7, 11) is 1.97. The summed E-state index contributed by atoms with van der Waals surface area (Å²) in [6.07, 6.45) is 4.67. The molecule has 0 unspecified atom stereocenters. The third kappa shape index (κ3) is 2.53. The highest BCUT2D eigenvalue weighted by atomic mass is 15.2. The van der Waals surface area contributed by atoms with Gasteiger partial charge in [-0.05, 0) is 24.1 Å². The first-order valence-electron chi connectivity index (χ1n) is 5.31. The fourth-order valence-electron chi connectivity index (χ4n) is 1.54. The third-order valence-corrected chi connectivity index (χ3v) is 2.50. The number of rotatable bonds is 4. The van der Waals surface area contributed by atoms with Gasteiger partial charge in [-0.3, -0.25) is 0 Å². The predicted molar refractivity (Wildman–Crippen MR) is 66.3 cm³/mol. The van der Waals surface area contributed by atoms with Crippen LogP contribution < -0.4 is 11.1 Å². The molecule has 3 N–H and O–H groups in total. The molecule has 0 amide bonds. The molecule has 4 heteroatoms. The van der Waals surface area contributed by atoms with Gasteiger partial charge in [-0.1, -0.05) is 12.1 Å². The van der Waals surface area contributed by atoms with Crippen molar-refractivity contribution in [2.24, 2.45) is 7.05 Å². The highest BCUT2D eigenvalue weighted by Gasteiger charge is 1.97. The van der Waals surface area contributed by atoms with E-state index in [4.69, 9.17) is 5.73 Å². The number of benzene rings is 1. The van der Waals surface area contributed by atoms with Crippen LogP contribution >= 0.6 is 0 Å². The van der Waals surface area contributed by atoms with Gasteiger partial charge in [0, 0.05) is 31.7 Å². The Morgan fingerprint density at radius 1 is 1.31 bits per heavy atom. The van der Waals surface area contributed by atoms with Crippen LogP contribution in [0.2, 0.25) is 0 Å². The van der Waals surface area contributed by atoms with Crippen molar-refractivity contribution in [3.8, 4) is 0 Å². The Bertz CT molecular complexity index is 444. The van der Waals surface area contributed by atoms with Gasteiger partial charge < -0.3 is 15.6 Å². The molecule has 1 heterocycles. The van der Waals surface area contributed by atoms with Crippen LogP contribution in [-0.4, -0.2) is 16.1 Å². The van der Waals surface area contributed by atoms with Gasteiger partial charge in [0.25, 0.3) is 0 Å². The van der Waals surface area contributed by atoms with Crippen molar-refractivity contribution in [2.45, 2.75) is 6.42 Å². The van der Waals surface area contributed by atoms with Crippen molar-refractivity contribution < 1.29 is 0 Å². The minimum absolute atomic E-state index is 0.806. The third-order valence-electron chi connectivity index (χ3n) is 2.50. The second-order valence-electron chi connectivity index (χ2n) is 3.78. The molecule has 0 fully saturated rings. The lowest BCUT2D eigenvalue weighted by molar-refractivity contribution is 0.889. The van der Waals surface area contributed by atoms with Crippen LogP contribution in [-0.2, 0) is 13.5 Å². The van der Waals surface area contributed by atoms with Gasteiger partial charge in [-0.25, -0.2) is 4.98 Å². The fourth-order valence-corrected chi connectivity index (χ4v) is 1.54. The van der Waals surface area contributed by atoms with Gasteiger partial charge in [0.15, 0.2) is 0 Å². The van der Waals surface area contributed by atoms with Crippen molar-refractivity contribution in [3.63, 3.8) is 0 Å². The Kier molecular flexibility index (Phi) is 3.10. The van der Waals surface area contributed by atoms with E-state index in [1.165, 1.54) is 5.56 Å². The van der Waals surface area contributed by atoms with Gasteiger partial charge >= 0.3 is 0 Å². The first kappa shape index (κ1) is 10.5. The summed E-state index contributed by atoms with van der Waals surface area (Å²) in [5.74, 6) is 0.899. The van der Waals surface area contributed by atoms with E-state index in [0.29, 0.717) is 0 Å². The molecule has 0 bridgehead atoms. The van der Waals surface area contributed by atoms with E-state index < -0.39 is 0 Å². The molecule has 84 valence electrons. The number of imidazole rings is 1. The monoisotopic (exact) mass is 216 g/mol. The van der Waals surface area contributed by atoms with E-state index in [9.17, 15) is 0 Å². The number of nitrogen functional groups attached to an aromatic ring is 1. The molecule has 1 aromatic carbocycles. The lowest BCUT2D eigenvalue weighted by atomic mass is 10.1. The summed E-state index contributed by atoms with van der Waals surface area (Å²) in [4.78, 5) is 4.19. The van der Waals surface area contributed by atoms with Crippen LogP contribution in [0.3, 0.4) is 0 Å². The van der Waals surface area contributed by atoms with Gasteiger partial charge in [-0.2, -0.15) is 0 Å². The van der Waals surface area contributed by atoms with Crippen LogP contribution in [0.4, 0.5) is 11.6 Å². The van der Waals surface area contributed by atoms with E-state index in [-0.39, 0.29) is 0 Å². The van der Waals surface area contributed by atoms with Crippen LogP contribution in [0.1, 0.15) is 5.56 Å². The molecule has 4 nitrogen and oxygen atoms in total. The summed E-state index contributed by atoms with van der Waals surface area (Å²) in [5.41, 5.74) is 7.70. The molecule has 0 saturated heterocycles. The zero-order valence-electron chi connectivity index (χ0n) is 9.35. The van der Waals surface area contributed by atoms with E-state index in [0.717, 1.165) is 24.6 Å². The van der Waals surface area contributed by atoms with Crippen LogP contribution in [0.15, 0.2) is 36.7 Å². The minimum atomic E-state index is 0.806. The van der Waals surface area contributed by atoms with E-state index in [1.54, 1.807) is 6.20 Å². The number of nitrogens with zero attached hydrogens (tertiary/aromatic N) is 2. The molecule has 0 saturated carbocycles. The first-order chi connectivity index (χ1) is 7.75. The normalized spacial score (nSPS) is 10.3. The second-order valence-corrected chi connectivity index (χ2v) is 3.78. The molecule has 0 radical (unpaired) electrons. The van der Waals surface area contributed by atoms with Crippen molar-refractivity contribution in [3.05, 3.63) is 42.2 Å². The maximum Gasteiger partial charge on any atom is 0.202 e. The lowest BCUT2D eigenvalue weighted by Crippen LogP contribution is -2.08. The van der Waals surface area contributed by atoms with Crippen molar-refractivity contribution >= 4 is 11.6 Å². The number of nitrogens with one attached hydrogen (secondary N) is 1. The number of aryl methyl sites for hydroxylation is 1. The van der Waals surface area contributed by atoms with Crippen molar-refractivity contribution in [1.82, 2.24) is 9.55 Å². The smallest absolute Gasteiger partial charge is 0.202 e. The maximum absolute atomic E-state index is 5.62. The molecule has 2 rings (SSSR count). The van der Waals surface area contributed by atoms with Gasteiger partial charge in [0.05, 0.1) is 0 Å². The largest absolute Gasteiger partial charge is 0.399 e. The summed E-state index contributed by atoms with van der Waals surface area (Å²) in [6, 6.07) is 7.96. The Morgan fingerprint density at radius 3 is 2.69 bits per heavy atom. The Hall–Kier alpha value is -1.97. The number of hydrogen-bond acceptors (Lipinski definition) is 3. The van der Waals surface area contributed by atoms with E-state index in [1.807, 2.05) is 29.9 Å². The molecule has 0 atom stereocenters. The zero-order chi connectivity index (χ0) is 11.4. The minimum Gasteiger partial charge on any atom is -0.399 e. The summed E-state index contributed by atoms with van der Waals surface area (Å²) in [6.45, 7) is 0.870. The molecular formula is C12H16N4. The molecule has 0 aliphatic carbocycles.